The van der Waals surface area contributed by atoms with Gasteiger partial charge in [-0.05, 0) is 33.2 Å². The molecular formula is C19H13N. The van der Waals surface area contributed by atoms with Gasteiger partial charge in [-0.2, -0.15) is 0 Å². The predicted molar refractivity (Wildman–Crippen MR) is 84.7 cm³/mol. The van der Waals surface area contributed by atoms with Crippen LogP contribution in [0.4, 0.5) is 0 Å². The van der Waals surface area contributed by atoms with Gasteiger partial charge in [0.25, 0.3) is 0 Å². The summed E-state index contributed by atoms with van der Waals surface area (Å²) in [5, 5.41) is 5.16. The third kappa shape index (κ3) is 1.68. The van der Waals surface area contributed by atoms with Crippen molar-refractivity contribution >= 4 is 21.5 Å². The highest BCUT2D eigenvalue weighted by atomic mass is 14.6. The van der Waals surface area contributed by atoms with Crippen LogP contribution in [0.1, 0.15) is 0 Å². The summed E-state index contributed by atoms with van der Waals surface area (Å²) in [6, 6.07) is 23.5. The lowest BCUT2D eigenvalue weighted by atomic mass is 9.95. The van der Waals surface area contributed by atoms with Crippen LogP contribution < -0.4 is 0 Å². The fraction of sp³-hybridized carbons (Fsp3) is 0. The molecule has 94 valence electrons. The lowest BCUT2D eigenvalue weighted by Gasteiger charge is -2.09. The minimum Gasteiger partial charge on any atom is -0.264 e. The molecule has 3 aromatic carbocycles. The molecule has 0 N–H and O–H groups in total. The van der Waals surface area contributed by atoms with E-state index >= 15 is 0 Å². The van der Waals surface area contributed by atoms with Gasteiger partial charge in [0.1, 0.15) is 0 Å². The quantitative estimate of drug-likeness (QED) is 0.433. The van der Waals surface area contributed by atoms with Crippen molar-refractivity contribution in [3.8, 4) is 11.1 Å². The zero-order valence-electron chi connectivity index (χ0n) is 11.0. The Balaban J connectivity index is 2.12. The second kappa shape index (κ2) is 4.46. The Morgan fingerprint density at radius 1 is 0.600 bits per heavy atom. The van der Waals surface area contributed by atoms with Crippen LogP contribution in [0.25, 0.3) is 32.7 Å². The normalized spacial score (nSPS) is 11.0. The smallest absolute Gasteiger partial charge is 0.0346 e. The topological polar surface area (TPSA) is 12.9 Å². The number of aromatic nitrogens is 1. The Kier molecular flexibility index (Phi) is 2.49. The number of fused-ring (bicyclic) bond motifs is 3. The molecule has 0 saturated carbocycles. The van der Waals surface area contributed by atoms with E-state index < -0.39 is 0 Å². The van der Waals surface area contributed by atoms with Gasteiger partial charge in [0, 0.05) is 18.0 Å². The van der Waals surface area contributed by atoms with E-state index in [1.165, 1.54) is 27.1 Å². The lowest BCUT2D eigenvalue weighted by molar-refractivity contribution is 1.33. The Labute approximate surface area is 117 Å². The van der Waals surface area contributed by atoms with Crippen molar-refractivity contribution in [1.82, 2.24) is 4.98 Å². The minimum atomic E-state index is 1.16. The summed E-state index contributed by atoms with van der Waals surface area (Å²) in [6.45, 7) is 0. The maximum atomic E-state index is 4.23. The molecule has 0 bridgehead atoms. The maximum Gasteiger partial charge on any atom is 0.0346 e. The van der Waals surface area contributed by atoms with Crippen LogP contribution in [0.2, 0.25) is 0 Å². The number of rotatable bonds is 1. The fourth-order valence-electron chi connectivity index (χ4n) is 2.81. The summed E-state index contributed by atoms with van der Waals surface area (Å²) in [5.74, 6) is 0. The van der Waals surface area contributed by atoms with E-state index in [9.17, 15) is 0 Å². The molecule has 1 heterocycles. The molecule has 0 fully saturated rings. The Hall–Kier alpha value is -2.67. The second-order valence-corrected chi connectivity index (χ2v) is 4.93. The summed E-state index contributed by atoms with van der Waals surface area (Å²) in [7, 11) is 0. The molecule has 0 saturated heterocycles. The molecule has 1 heteroatoms. The highest BCUT2D eigenvalue weighted by Gasteiger charge is 2.05. The molecule has 4 aromatic rings. The van der Waals surface area contributed by atoms with Crippen LogP contribution in [0.5, 0.6) is 0 Å². The second-order valence-electron chi connectivity index (χ2n) is 4.93. The molecule has 4 rings (SSSR count). The average molecular weight is 255 g/mol. The molecular weight excluding hydrogens is 242 g/mol. The molecule has 0 aliphatic heterocycles. The molecule has 1 aromatic heterocycles. The van der Waals surface area contributed by atoms with Crippen LogP contribution in [0.15, 0.2) is 79.1 Å². The zero-order valence-corrected chi connectivity index (χ0v) is 11.0. The number of nitrogens with zero attached hydrogens (tertiary/aromatic N) is 1. The molecule has 0 radical (unpaired) electrons. The molecule has 0 amide bonds. The monoisotopic (exact) mass is 255 g/mol. The highest BCUT2D eigenvalue weighted by molar-refractivity contribution is 6.11. The van der Waals surface area contributed by atoms with Crippen molar-refractivity contribution < 1.29 is 0 Å². The van der Waals surface area contributed by atoms with Gasteiger partial charge in [-0.15, -0.1) is 0 Å². The van der Waals surface area contributed by atoms with Crippen molar-refractivity contribution in [1.29, 1.82) is 0 Å². The van der Waals surface area contributed by atoms with Crippen LogP contribution in [-0.2, 0) is 0 Å². The first kappa shape index (κ1) is 11.2. The zero-order chi connectivity index (χ0) is 13.4. The SMILES string of the molecule is c1cncc(-c2cccc3c2ccc2ccccc23)c1. The summed E-state index contributed by atoms with van der Waals surface area (Å²) in [4.78, 5) is 4.23. The van der Waals surface area contributed by atoms with E-state index in [0.29, 0.717) is 0 Å². The standard InChI is InChI=1S/C19H13N/c1-2-7-16-14(5-1)10-11-19-17(8-3-9-18(16)19)15-6-4-12-20-13-15/h1-13H. The van der Waals surface area contributed by atoms with Crippen molar-refractivity contribution in [2.24, 2.45) is 0 Å². The Morgan fingerprint density at radius 3 is 2.40 bits per heavy atom. The van der Waals surface area contributed by atoms with Crippen molar-refractivity contribution in [2.75, 3.05) is 0 Å². The van der Waals surface area contributed by atoms with Gasteiger partial charge in [0.15, 0.2) is 0 Å². The fourth-order valence-corrected chi connectivity index (χ4v) is 2.81. The van der Waals surface area contributed by atoms with E-state index in [2.05, 4.69) is 65.6 Å². The van der Waals surface area contributed by atoms with Gasteiger partial charge < -0.3 is 0 Å². The summed E-state index contributed by atoms with van der Waals surface area (Å²) in [5.41, 5.74) is 2.40. The van der Waals surface area contributed by atoms with Crippen LogP contribution >= 0.6 is 0 Å². The van der Waals surface area contributed by atoms with Gasteiger partial charge in [0.05, 0.1) is 0 Å². The summed E-state index contributed by atoms with van der Waals surface area (Å²) in [6.07, 6.45) is 3.73. The van der Waals surface area contributed by atoms with Crippen LogP contribution in [0.3, 0.4) is 0 Å². The summed E-state index contributed by atoms with van der Waals surface area (Å²) >= 11 is 0. The van der Waals surface area contributed by atoms with E-state index in [1.54, 1.807) is 0 Å². The first-order valence-electron chi connectivity index (χ1n) is 6.74. The number of benzene rings is 3. The van der Waals surface area contributed by atoms with Gasteiger partial charge in [-0.1, -0.05) is 60.7 Å². The third-order valence-corrected chi connectivity index (χ3v) is 3.76. The van der Waals surface area contributed by atoms with Gasteiger partial charge >= 0.3 is 0 Å². The van der Waals surface area contributed by atoms with Crippen molar-refractivity contribution in [3.63, 3.8) is 0 Å². The van der Waals surface area contributed by atoms with Gasteiger partial charge in [0.2, 0.25) is 0 Å². The molecule has 0 aliphatic carbocycles. The van der Waals surface area contributed by atoms with Crippen molar-refractivity contribution in [2.45, 2.75) is 0 Å². The van der Waals surface area contributed by atoms with E-state index in [0.717, 1.165) is 5.56 Å². The highest BCUT2D eigenvalue weighted by Crippen LogP contribution is 2.32. The van der Waals surface area contributed by atoms with Crippen LogP contribution in [0, 0.1) is 0 Å². The van der Waals surface area contributed by atoms with E-state index in [1.807, 2.05) is 18.5 Å². The predicted octanol–water partition coefficient (Wildman–Crippen LogP) is 5.06. The molecule has 0 aliphatic rings. The Morgan fingerprint density at radius 2 is 1.50 bits per heavy atom. The van der Waals surface area contributed by atoms with Crippen molar-refractivity contribution in [3.05, 3.63) is 79.1 Å². The van der Waals surface area contributed by atoms with Gasteiger partial charge in [-0.3, -0.25) is 4.98 Å². The molecule has 20 heavy (non-hydrogen) atoms. The maximum absolute atomic E-state index is 4.23. The first-order chi connectivity index (χ1) is 9.93. The number of pyridine rings is 1. The molecule has 1 nitrogen and oxygen atoms in total. The number of hydrogen-bond acceptors (Lipinski definition) is 1. The summed E-state index contributed by atoms with van der Waals surface area (Å²) < 4.78 is 0. The van der Waals surface area contributed by atoms with Gasteiger partial charge in [-0.25, -0.2) is 0 Å². The third-order valence-electron chi connectivity index (χ3n) is 3.76. The van der Waals surface area contributed by atoms with E-state index in [4.69, 9.17) is 0 Å². The first-order valence-corrected chi connectivity index (χ1v) is 6.74. The number of hydrogen-bond donors (Lipinski definition) is 0. The average Bonchev–Trinajstić information content (AvgIpc) is 2.55. The molecule has 0 unspecified atom stereocenters. The van der Waals surface area contributed by atoms with Crippen LogP contribution in [-0.4, -0.2) is 4.98 Å². The Bertz CT molecular complexity index is 895. The minimum absolute atomic E-state index is 1.16. The molecule has 0 atom stereocenters. The molecule has 0 spiro atoms. The largest absolute Gasteiger partial charge is 0.264 e. The lowest BCUT2D eigenvalue weighted by Crippen LogP contribution is -1.83. The van der Waals surface area contributed by atoms with E-state index in [-0.39, 0.29) is 0 Å².